The van der Waals surface area contributed by atoms with Crippen LogP contribution in [0.5, 0.6) is 11.5 Å². The first-order valence-electron chi connectivity index (χ1n) is 10.0. The van der Waals surface area contributed by atoms with Crippen molar-refractivity contribution in [3.8, 4) is 11.5 Å². The number of hydrogen-bond donors (Lipinski definition) is 3. The van der Waals surface area contributed by atoms with E-state index < -0.39 is 0 Å². The summed E-state index contributed by atoms with van der Waals surface area (Å²) in [6, 6.07) is 11.1. The third kappa shape index (κ3) is 5.59. The molecule has 2 aromatic rings. The molecular formula is C23H26N2O5. The third-order valence-corrected chi connectivity index (χ3v) is 5.25. The number of phenolic OH excluding ortho intramolecular Hbond substituents is 2. The van der Waals surface area contributed by atoms with E-state index in [9.17, 15) is 24.6 Å². The first kappa shape index (κ1) is 21.4. The molecule has 1 saturated heterocycles. The number of carbonyl (C=O) groups is 3. The van der Waals surface area contributed by atoms with Crippen LogP contribution >= 0.6 is 0 Å². The summed E-state index contributed by atoms with van der Waals surface area (Å²) in [5, 5.41) is 22.1. The molecule has 1 aliphatic rings. The van der Waals surface area contributed by atoms with E-state index in [1.54, 1.807) is 17.0 Å². The molecule has 2 aromatic carbocycles. The lowest BCUT2D eigenvalue weighted by atomic mass is 10.0. The lowest BCUT2D eigenvalue weighted by molar-refractivity contribution is -0.122. The number of phenols is 2. The molecule has 0 aliphatic carbocycles. The molecule has 0 atom stereocenters. The topological polar surface area (TPSA) is 107 Å². The van der Waals surface area contributed by atoms with Crippen molar-refractivity contribution in [1.82, 2.24) is 10.2 Å². The lowest BCUT2D eigenvalue weighted by Crippen LogP contribution is -2.46. The van der Waals surface area contributed by atoms with Crippen molar-refractivity contribution < 1.29 is 24.6 Å². The van der Waals surface area contributed by atoms with Crippen molar-refractivity contribution in [2.45, 2.75) is 38.6 Å². The van der Waals surface area contributed by atoms with Gasteiger partial charge in [0.1, 0.15) is 11.5 Å². The van der Waals surface area contributed by atoms with Gasteiger partial charge in [-0.2, -0.15) is 0 Å². The van der Waals surface area contributed by atoms with Crippen LogP contribution in [0, 0.1) is 6.92 Å². The average molecular weight is 410 g/mol. The summed E-state index contributed by atoms with van der Waals surface area (Å²) >= 11 is 0. The van der Waals surface area contributed by atoms with Gasteiger partial charge in [-0.1, -0.05) is 29.8 Å². The second kappa shape index (κ2) is 9.43. The highest BCUT2D eigenvalue weighted by molar-refractivity contribution is 5.98. The Hall–Kier alpha value is -3.35. The zero-order valence-electron chi connectivity index (χ0n) is 16.9. The van der Waals surface area contributed by atoms with E-state index in [1.807, 2.05) is 19.1 Å². The highest BCUT2D eigenvalue weighted by Gasteiger charge is 2.25. The molecule has 158 valence electrons. The SMILES string of the molecule is Cc1ccc(C(=O)CCC(=O)NC2CCN(C(=O)c3cc(O)cc(O)c3)CC2)cc1. The number of likely N-dealkylation sites (tertiary alicyclic amines) is 1. The summed E-state index contributed by atoms with van der Waals surface area (Å²) in [6.07, 6.45) is 1.50. The second-order valence-electron chi connectivity index (χ2n) is 7.66. The van der Waals surface area contributed by atoms with Crippen LogP contribution in [-0.4, -0.2) is 51.8 Å². The number of Topliss-reactive ketones (excluding diaryl/α,β-unsaturated/α-hetero) is 1. The van der Waals surface area contributed by atoms with Gasteiger partial charge >= 0.3 is 0 Å². The Morgan fingerprint density at radius 1 is 0.933 bits per heavy atom. The molecule has 0 unspecified atom stereocenters. The molecule has 1 fully saturated rings. The quantitative estimate of drug-likeness (QED) is 0.635. The highest BCUT2D eigenvalue weighted by Crippen LogP contribution is 2.23. The molecule has 3 N–H and O–H groups in total. The maximum atomic E-state index is 12.5. The fourth-order valence-corrected chi connectivity index (χ4v) is 3.54. The number of nitrogens with one attached hydrogen (secondary N) is 1. The fourth-order valence-electron chi connectivity index (χ4n) is 3.54. The van der Waals surface area contributed by atoms with E-state index >= 15 is 0 Å². The van der Waals surface area contributed by atoms with Gasteiger partial charge in [0, 0.05) is 49.2 Å². The number of hydrogen-bond acceptors (Lipinski definition) is 5. The predicted octanol–water partition coefficient (Wildman–Crippen LogP) is 2.79. The molecule has 0 saturated carbocycles. The van der Waals surface area contributed by atoms with E-state index in [4.69, 9.17) is 0 Å². The standard InChI is InChI=1S/C23H26N2O5/c1-15-2-4-16(5-3-15)21(28)6-7-22(29)24-18-8-10-25(11-9-18)23(30)17-12-19(26)14-20(27)13-17/h2-5,12-14,18,26-27H,6-11H2,1H3,(H,24,29). The number of amides is 2. The van der Waals surface area contributed by atoms with Gasteiger partial charge in [-0.25, -0.2) is 0 Å². The van der Waals surface area contributed by atoms with Crippen LogP contribution in [-0.2, 0) is 4.79 Å². The van der Waals surface area contributed by atoms with Gasteiger partial charge < -0.3 is 20.4 Å². The zero-order valence-corrected chi connectivity index (χ0v) is 16.9. The van der Waals surface area contributed by atoms with E-state index in [-0.39, 0.29) is 53.5 Å². The molecular weight excluding hydrogens is 384 g/mol. The molecule has 7 nitrogen and oxygen atoms in total. The normalized spacial score (nSPS) is 14.4. The van der Waals surface area contributed by atoms with Gasteiger partial charge in [-0.15, -0.1) is 0 Å². The Balaban J connectivity index is 1.43. The molecule has 1 heterocycles. The van der Waals surface area contributed by atoms with Gasteiger partial charge in [0.15, 0.2) is 5.78 Å². The maximum absolute atomic E-state index is 12.5. The van der Waals surface area contributed by atoms with Crippen LogP contribution in [0.1, 0.15) is 52.0 Å². The number of aryl methyl sites for hydroxylation is 1. The molecule has 2 amide bonds. The van der Waals surface area contributed by atoms with Crippen molar-refractivity contribution >= 4 is 17.6 Å². The molecule has 1 aliphatic heterocycles. The van der Waals surface area contributed by atoms with Crippen molar-refractivity contribution in [2.75, 3.05) is 13.1 Å². The first-order chi connectivity index (χ1) is 14.3. The van der Waals surface area contributed by atoms with E-state index in [0.717, 1.165) is 5.56 Å². The number of aromatic hydroxyl groups is 2. The number of benzene rings is 2. The second-order valence-corrected chi connectivity index (χ2v) is 7.66. The summed E-state index contributed by atoms with van der Waals surface area (Å²) in [4.78, 5) is 38.6. The number of ketones is 1. The zero-order chi connectivity index (χ0) is 21.7. The summed E-state index contributed by atoms with van der Waals surface area (Å²) in [5.74, 6) is -0.825. The van der Waals surface area contributed by atoms with Gasteiger partial charge in [0.2, 0.25) is 5.91 Å². The highest BCUT2D eigenvalue weighted by atomic mass is 16.3. The largest absolute Gasteiger partial charge is 0.508 e. The number of rotatable bonds is 6. The monoisotopic (exact) mass is 410 g/mol. The number of nitrogens with zero attached hydrogens (tertiary/aromatic N) is 1. The van der Waals surface area contributed by atoms with Gasteiger partial charge in [-0.3, -0.25) is 14.4 Å². The summed E-state index contributed by atoms with van der Waals surface area (Å²) < 4.78 is 0. The van der Waals surface area contributed by atoms with Crippen molar-refractivity contribution in [3.05, 3.63) is 59.2 Å². The Labute approximate surface area is 175 Å². The van der Waals surface area contributed by atoms with Crippen LogP contribution < -0.4 is 5.32 Å². The van der Waals surface area contributed by atoms with Crippen molar-refractivity contribution in [3.63, 3.8) is 0 Å². The van der Waals surface area contributed by atoms with Crippen molar-refractivity contribution in [1.29, 1.82) is 0 Å². The minimum Gasteiger partial charge on any atom is -0.508 e. The van der Waals surface area contributed by atoms with E-state index in [1.165, 1.54) is 18.2 Å². The van der Waals surface area contributed by atoms with Crippen LogP contribution in [0.25, 0.3) is 0 Å². The van der Waals surface area contributed by atoms with Crippen LogP contribution in [0.2, 0.25) is 0 Å². The van der Waals surface area contributed by atoms with Gasteiger partial charge in [0.05, 0.1) is 0 Å². The number of carbonyl (C=O) groups excluding carboxylic acids is 3. The minimum atomic E-state index is -0.269. The molecule has 30 heavy (non-hydrogen) atoms. The Morgan fingerprint density at radius 2 is 1.53 bits per heavy atom. The Kier molecular flexibility index (Phi) is 6.72. The van der Waals surface area contributed by atoms with Crippen LogP contribution in [0.3, 0.4) is 0 Å². The number of piperidine rings is 1. The summed E-state index contributed by atoms with van der Waals surface area (Å²) in [7, 11) is 0. The van der Waals surface area contributed by atoms with Crippen molar-refractivity contribution in [2.24, 2.45) is 0 Å². The predicted molar refractivity (Wildman–Crippen MR) is 112 cm³/mol. The van der Waals surface area contributed by atoms with Crippen LogP contribution in [0.15, 0.2) is 42.5 Å². The summed E-state index contributed by atoms with van der Waals surface area (Å²) in [5.41, 5.74) is 1.91. The van der Waals surface area contributed by atoms with Gasteiger partial charge in [-0.05, 0) is 31.9 Å². The van der Waals surface area contributed by atoms with Gasteiger partial charge in [0.25, 0.3) is 5.91 Å². The molecule has 0 spiro atoms. The molecule has 3 rings (SSSR count). The smallest absolute Gasteiger partial charge is 0.254 e. The first-order valence-corrected chi connectivity index (χ1v) is 10.0. The summed E-state index contributed by atoms with van der Waals surface area (Å²) in [6.45, 7) is 2.87. The third-order valence-electron chi connectivity index (χ3n) is 5.25. The molecule has 0 radical (unpaired) electrons. The van der Waals surface area contributed by atoms with E-state index in [2.05, 4.69) is 5.32 Å². The maximum Gasteiger partial charge on any atom is 0.254 e. The minimum absolute atomic E-state index is 0.0476. The molecule has 0 aromatic heterocycles. The Bertz CT molecular complexity index is 911. The Morgan fingerprint density at radius 3 is 2.13 bits per heavy atom. The molecule has 0 bridgehead atoms. The average Bonchev–Trinajstić information content (AvgIpc) is 2.72. The fraction of sp³-hybridized carbons (Fsp3) is 0.348. The molecule has 7 heteroatoms. The van der Waals surface area contributed by atoms with E-state index in [0.29, 0.717) is 31.5 Å². The lowest BCUT2D eigenvalue weighted by Gasteiger charge is -2.32. The van der Waals surface area contributed by atoms with Crippen LogP contribution in [0.4, 0.5) is 0 Å².